The van der Waals surface area contributed by atoms with Crippen molar-refractivity contribution in [2.75, 3.05) is 26.2 Å². The third-order valence-electron chi connectivity index (χ3n) is 16.0. The van der Waals surface area contributed by atoms with Gasteiger partial charge in [-0.15, -0.1) is 0 Å². The first-order chi connectivity index (χ1) is 41.7. The Morgan fingerprint density at radius 3 is 1.76 bits per heavy atom. The molecule has 2 aliphatic heterocycles. The lowest BCUT2D eigenvalue weighted by atomic mass is 9.95. The second-order valence-corrected chi connectivity index (χ2v) is 24.5. The van der Waals surface area contributed by atoms with Gasteiger partial charge in [0.05, 0.1) is 18.4 Å². The molecule has 11 atom stereocenters. The Labute approximate surface area is 519 Å². The van der Waals surface area contributed by atoms with Crippen LogP contribution in [0.1, 0.15) is 177 Å². The lowest BCUT2D eigenvalue weighted by molar-refractivity contribution is -0.143. The van der Waals surface area contributed by atoms with Gasteiger partial charge in [0.25, 0.3) is 0 Å². The second kappa shape index (κ2) is 38.8. The second-order valence-electron chi connectivity index (χ2n) is 24.5. The zero-order valence-electron chi connectivity index (χ0n) is 53.1. The van der Waals surface area contributed by atoms with E-state index in [1.54, 1.807) is 32.6 Å². The monoisotopic (exact) mass is 1240 g/mol. The number of nitrogens with two attached hydrogens (primary N) is 3. The summed E-state index contributed by atoms with van der Waals surface area (Å²) in [7, 11) is 0. The van der Waals surface area contributed by atoms with E-state index in [1.807, 2.05) is 51.1 Å². The molecule has 0 aromatic heterocycles. The molecule has 88 heavy (non-hydrogen) atoms. The fraction of sp³-hybridized carbons (Fsp3) is 0.710. The summed E-state index contributed by atoms with van der Waals surface area (Å²) in [6.07, 6.45) is 6.02. The largest absolute Gasteiger partial charge is 0.481 e. The molecule has 0 spiro atoms. The third kappa shape index (κ3) is 26.1. The number of carbonyl (C=O) groups excluding carboxylic acids is 10. The van der Waals surface area contributed by atoms with Gasteiger partial charge in [0.1, 0.15) is 48.3 Å². The average molecular weight is 1240 g/mol. The Bertz CT molecular complexity index is 2500. The summed E-state index contributed by atoms with van der Waals surface area (Å²) < 4.78 is 0. The number of hydrogen-bond donors (Lipinski definition) is 12. The van der Waals surface area contributed by atoms with Gasteiger partial charge < -0.3 is 74.4 Å². The number of carboxylic acids is 1. The molecule has 2 saturated heterocycles. The minimum absolute atomic E-state index is 0.00231. The highest BCUT2D eigenvalue weighted by molar-refractivity contribution is 5.99. The van der Waals surface area contributed by atoms with E-state index in [4.69, 9.17) is 17.2 Å². The minimum Gasteiger partial charge on any atom is -0.481 e. The molecule has 3 rings (SSSR count). The van der Waals surface area contributed by atoms with E-state index in [-0.39, 0.29) is 94.2 Å². The van der Waals surface area contributed by atoms with Gasteiger partial charge in [-0.2, -0.15) is 0 Å². The normalized spacial score (nSPS) is 18.5. The van der Waals surface area contributed by atoms with E-state index in [1.165, 1.54) is 0 Å². The van der Waals surface area contributed by atoms with Crippen LogP contribution < -0.4 is 54.4 Å². The van der Waals surface area contributed by atoms with Crippen molar-refractivity contribution < 1.29 is 63.0 Å². The maximum absolute atomic E-state index is 14.8. The van der Waals surface area contributed by atoms with Crippen molar-refractivity contribution >= 4 is 71.0 Å². The van der Waals surface area contributed by atoms with Crippen LogP contribution in [0.25, 0.3) is 0 Å². The maximum Gasteiger partial charge on any atom is 0.305 e. The number of benzene rings is 1. The summed E-state index contributed by atoms with van der Waals surface area (Å²) in [5.74, 6) is -10.2. The van der Waals surface area contributed by atoms with Crippen molar-refractivity contribution in [3.05, 3.63) is 35.9 Å². The lowest BCUT2D eigenvalue weighted by Crippen LogP contribution is -2.60. The molecular weight excluding hydrogens is 1130 g/mol. The number of aliphatic imine (C=N–C) groups is 1. The summed E-state index contributed by atoms with van der Waals surface area (Å²) in [5, 5.41) is 39.7. The highest BCUT2D eigenvalue weighted by Crippen LogP contribution is 2.24. The summed E-state index contributed by atoms with van der Waals surface area (Å²) >= 11 is 0. The van der Waals surface area contributed by atoms with Gasteiger partial charge in [0, 0.05) is 45.4 Å². The number of β-amino-alcohol motifs (C(OH)–C–C–N with tert-alkyl or cyclic N) is 1. The minimum atomic E-state index is -1.81. The molecule has 0 bridgehead atoms. The first-order valence-corrected chi connectivity index (χ1v) is 31.7. The number of nitrogens with one attached hydrogen (secondary N) is 7. The maximum atomic E-state index is 14.8. The molecule has 0 radical (unpaired) electrons. The van der Waals surface area contributed by atoms with Crippen LogP contribution in [0.15, 0.2) is 35.3 Å². The number of aliphatic hydroxyl groups excluding tert-OH is 1. The lowest BCUT2D eigenvalue weighted by Gasteiger charge is -2.33. The van der Waals surface area contributed by atoms with Gasteiger partial charge in [-0.05, 0) is 74.7 Å². The molecule has 2 aliphatic rings. The Morgan fingerprint density at radius 1 is 0.625 bits per heavy atom. The number of carboxylic acid groups (broad SMARTS) is 1. The van der Waals surface area contributed by atoms with Crippen molar-refractivity contribution in [2.24, 2.45) is 45.9 Å². The van der Waals surface area contributed by atoms with E-state index in [2.05, 4.69) is 49.1 Å². The van der Waals surface area contributed by atoms with Crippen LogP contribution in [0.2, 0.25) is 0 Å². The zero-order chi connectivity index (χ0) is 65.6. The van der Waals surface area contributed by atoms with Crippen LogP contribution in [-0.4, -0.2) is 172 Å². The molecule has 494 valence electrons. The van der Waals surface area contributed by atoms with Gasteiger partial charge >= 0.3 is 5.97 Å². The molecule has 1 aromatic rings. The van der Waals surface area contributed by atoms with E-state index in [0.717, 1.165) is 42.6 Å². The van der Waals surface area contributed by atoms with Crippen molar-refractivity contribution in [1.82, 2.24) is 47.0 Å². The molecule has 2 fully saturated rings. The van der Waals surface area contributed by atoms with E-state index in [9.17, 15) is 63.0 Å². The zero-order valence-corrected chi connectivity index (χ0v) is 53.1. The molecule has 0 aliphatic carbocycles. The number of hydrogen-bond acceptors (Lipinski definition) is 13. The molecule has 2 heterocycles. The van der Waals surface area contributed by atoms with Gasteiger partial charge in [0.2, 0.25) is 59.1 Å². The molecule has 15 N–H and O–H groups in total. The smallest absolute Gasteiger partial charge is 0.305 e. The van der Waals surface area contributed by atoms with Crippen molar-refractivity contribution in [1.29, 1.82) is 0 Å². The van der Waals surface area contributed by atoms with Crippen molar-refractivity contribution in [3.8, 4) is 0 Å². The van der Waals surface area contributed by atoms with Crippen molar-refractivity contribution in [3.63, 3.8) is 0 Å². The van der Waals surface area contributed by atoms with Gasteiger partial charge in [-0.1, -0.05) is 131 Å². The Morgan fingerprint density at radius 2 is 1.17 bits per heavy atom. The number of nitrogens with zero attached hydrogens (tertiary/aromatic N) is 3. The number of piperidine rings is 1. The predicted molar refractivity (Wildman–Crippen MR) is 332 cm³/mol. The number of primary amides is 1. The van der Waals surface area contributed by atoms with Crippen LogP contribution >= 0.6 is 0 Å². The summed E-state index contributed by atoms with van der Waals surface area (Å²) in [6, 6.07) is -1.63. The quantitative estimate of drug-likeness (QED) is 0.0253. The number of likely N-dealkylation sites (tertiary alicyclic amines) is 2. The van der Waals surface area contributed by atoms with Crippen LogP contribution in [-0.2, 0) is 59.2 Å². The SMILES string of the molecule is CCCCCCCC(=O)N1CCCC(C(=O)N[C@@H](Cc2ccccc2)C(=O)N[C@H](CCCC)C(=O)N[C@@H](CC(C)C)C(=O)N2C[C@H](O)C[C@H]2C(=O)N[C@@H](CC(C)C)C(=O)N[C@@H](CC(=O)O)C(=O)N[C@@H](CCCN=C(N)N)C(=O)N[C@H](C(N)=O)[C@@H](C)CC)C1. The van der Waals surface area contributed by atoms with E-state index in [0.29, 0.717) is 45.1 Å². The molecular formula is C62H103N13O13. The average Bonchev–Trinajstić information content (AvgIpc) is 2.27. The summed E-state index contributed by atoms with van der Waals surface area (Å²) in [6.45, 7) is 15.1. The van der Waals surface area contributed by atoms with Crippen LogP contribution in [0.5, 0.6) is 0 Å². The van der Waals surface area contributed by atoms with Gasteiger partial charge in [0.15, 0.2) is 5.96 Å². The highest BCUT2D eigenvalue weighted by atomic mass is 16.4. The Hall–Kier alpha value is -7.38. The Balaban J connectivity index is 1.87. The Kier molecular flexibility index (Phi) is 33.0. The summed E-state index contributed by atoms with van der Waals surface area (Å²) in [4.78, 5) is 159. The fourth-order valence-corrected chi connectivity index (χ4v) is 10.9. The molecule has 26 nitrogen and oxygen atoms in total. The number of amides is 10. The molecule has 10 amide bonds. The number of rotatable bonds is 39. The molecule has 0 saturated carbocycles. The molecule has 26 heteroatoms. The number of carbonyl (C=O) groups is 11. The molecule has 1 aromatic carbocycles. The van der Waals surface area contributed by atoms with Crippen LogP contribution in [0.4, 0.5) is 0 Å². The predicted octanol–water partition coefficient (Wildman–Crippen LogP) is 1.53. The van der Waals surface area contributed by atoms with Gasteiger partial charge in [-0.3, -0.25) is 57.7 Å². The number of aliphatic hydroxyl groups is 1. The van der Waals surface area contributed by atoms with Crippen molar-refractivity contribution in [2.45, 2.75) is 232 Å². The van der Waals surface area contributed by atoms with E-state index >= 15 is 0 Å². The first kappa shape index (κ1) is 74.9. The van der Waals surface area contributed by atoms with E-state index < -0.39 is 126 Å². The number of unbranched alkanes of at least 4 members (excludes halogenated alkanes) is 5. The highest BCUT2D eigenvalue weighted by Gasteiger charge is 2.44. The van der Waals surface area contributed by atoms with Crippen LogP contribution in [0.3, 0.4) is 0 Å². The fourth-order valence-electron chi connectivity index (χ4n) is 10.9. The first-order valence-electron chi connectivity index (χ1n) is 31.7. The third-order valence-corrected chi connectivity index (χ3v) is 16.0. The standard InChI is InChI=1S/C62H103N13O13/c1-9-12-14-15-19-27-50(77)74-29-21-24-41(35-74)54(81)69-46(32-40-22-17-16-18-23-40)58(85)67-43(25-13-10-2)55(82)72-48(31-38(6)7)61(88)75-36-42(76)33-49(75)60(87)71-45(30-37(4)5)57(84)70-47(34-51(78)79)59(86)68-44(26-20-28-66-62(64)65)56(83)73-52(53(63)80)39(8)11-3/h16-18,22-23,37-39,41-49,52,76H,9-15,19-21,24-36H2,1-8H3,(H2,63,80)(H,67,85)(H,68,86)(H,69,81)(H,70,84)(H,71,87)(H,72,82)(H,73,83)(H,78,79)(H4,64,65,66)/t39-,41?,42+,43+,44-,45-,46-,47-,48-,49-,52-/m0/s1. The topological polar surface area (TPSA) is 409 Å². The summed E-state index contributed by atoms with van der Waals surface area (Å²) in [5.41, 5.74) is 17.3. The number of aliphatic carboxylic acids is 1. The number of guanidine groups is 1. The van der Waals surface area contributed by atoms with Crippen LogP contribution in [0, 0.1) is 23.7 Å². The molecule has 1 unspecified atom stereocenters. The van der Waals surface area contributed by atoms with Gasteiger partial charge in [-0.25, -0.2) is 0 Å².